The second kappa shape index (κ2) is 4.67. The van der Waals surface area contributed by atoms with E-state index in [1.807, 2.05) is 0 Å². The molecule has 0 unspecified atom stereocenters. The third kappa shape index (κ3) is 2.61. The Balaban J connectivity index is 1.83. The average Bonchev–Trinajstić information content (AvgIpc) is 2.19. The van der Waals surface area contributed by atoms with Gasteiger partial charge in [-0.3, -0.25) is 4.90 Å². The Morgan fingerprint density at radius 1 is 1.31 bits per heavy atom. The van der Waals surface area contributed by atoms with Crippen molar-refractivity contribution in [1.29, 1.82) is 0 Å². The predicted octanol–water partition coefficient (Wildman–Crippen LogP) is 1.18. The molecule has 0 aromatic heterocycles. The van der Waals surface area contributed by atoms with Crippen LogP contribution in [0.1, 0.15) is 19.8 Å². The van der Waals surface area contributed by atoms with Crippen LogP contribution in [-0.4, -0.2) is 48.1 Å². The lowest BCUT2D eigenvalue weighted by Crippen LogP contribution is -2.53. The summed E-state index contributed by atoms with van der Waals surface area (Å²) in [7, 11) is 0. The minimum Gasteiger partial charge on any atom is -0.312 e. The Bertz CT molecular complexity index is 157. The summed E-state index contributed by atoms with van der Waals surface area (Å²) in [4.78, 5) is 2.70. The van der Waals surface area contributed by atoms with Gasteiger partial charge >= 0.3 is 0 Å². The van der Waals surface area contributed by atoms with Gasteiger partial charge in [-0.25, -0.2) is 0 Å². The molecule has 1 atom stereocenters. The van der Waals surface area contributed by atoms with Gasteiger partial charge in [0.1, 0.15) is 0 Å². The van der Waals surface area contributed by atoms with Gasteiger partial charge < -0.3 is 5.32 Å². The molecule has 0 bridgehead atoms. The van der Waals surface area contributed by atoms with Gasteiger partial charge in [-0.05, 0) is 31.3 Å². The first-order valence-corrected chi connectivity index (χ1v) is 6.57. The molecule has 13 heavy (non-hydrogen) atoms. The second-order valence-corrected chi connectivity index (χ2v) is 5.42. The fourth-order valence-electron chi connectivity index (χ4n) is 2.34. The molecular formula is C10H20N2S. The smallest absolute Gasteiger partial charge is 0.0167 e. The van der Waals surface area contributed by atoms with Crippen molar-refractivity contribution in [3.63, 3.8) is 0 Å². The maximum atomic E-state index is 3.50. The third-order valence-corrected chi connectivity index (χ3v) is 4.16. The maximum absolute atomic E-state index is 3.50. The van der Waals surface area contributed by atoms with E-state index in [1.165, 1.54) is 44.0 Å². The highest BCUT2D eigenvalue weighted by molar-refractivity contribution is 7.99. The molecule has 0 aromatic rings. The number of piperazine rings is 1. The van der Waals surface area contributed by atoms with Crippen LogP contribution >= 0.6 is 11.8 Å². The first-order valence-electron chi connectivity index (χ1n) is 5.41. The highest BCUT2D eigenvalue weighted by atomic mass is 32.2. The number of rotatable bonds is 1. The van der Waals surface area contributed by atoms with Crippen LogP contribution in [0.5, 0.6) is 0 Å². The van der Waals surface area contributed by atoms with Crippen molar-refractivity contribution in [3.8, 4) is 0 Å². The molecule has 2 aliphatic heterocycles. The number of nitrogens with one attached hydrogen (secondary N) is 1. The standard InChI is InChI=1S/C10H20N2S/c1-9-8-12(5-4-11-9)10-2-6-13-7-3-10/h9-11H,2-8H2,1H3/t9-/m0/s1. The summed E-state index contributed by atoms with van der Waals surface area (Å²) in [6.45, 7) is 6.00. The van der Waals surface area contributed by atoms with Gasteiger partial charge in [0.25, 0.3) is 0 Å². The van der Waals surface area contributed by atoms with Gasteiger partial charge in [-0.1, -0.05) is 0 Å². The van der Waals surface area contributed by atoms with Gasteiger partial charge in [0.05, 0.1) is 0 Å². The van der Waals surface area contributed by atoms with Crippen LogP contribution in [0, 0.1) is 0 Å². The zero-order valence-electron chi connectivity index (χ0n) is 8.46. The molecule has 0 radical (unpaired) electrons. The molecule has 2 heterocycles. The van der Waals surface area contributed by atoms with Crippen LogP contribution in [0.25, 0.3) is 0 Å². The van der Waals surface area contributed by atoms with Gasteiger partial charge in [-0.2, -0.15) is 11.8 Å². The summed E-state index contributed by atoms with van der Waals surface area (Å²) in [5, 5.41) is 3.50. The Hall–Kier alpha value is 0.270. The van der Waals surface area contributed by atoms with Crippen LogP contribution in [0.4, 0.5) is 0 Å². The molecule has 2 aliphatic rings. The molecule has 0 amide bonds. The average molecular weight is 200 g/mol. The van der Waals surface area contributed by atoms with Crippen LogP contribution in [0.15, 0.2) is 0 Å². The fourth-order valence-corrected chi connectivity index (χ4v) is 3.43. The SMILES string of the molecule is C[C@H]1CN(C2CCSCC2)CCN1. The number of hydrogen-bond donors (Lipinski definition) is 1. The number of thioether (sulfide) groups is 1. The highest BCUT2D eigenvalue weighted by Crippen LogP contribution is 2.22. The topological polar surface area (TPSA) is 15.3 Å². The van der Waals surface area contributed by atoms with Crippen molar-refractivity contribution in [2.75, 3.05) is 31.1 Å². The molecule has 76 valence electrons. The summed E-state index contributed by atoms with van der Waals surface area (Å²) in [5.74, 6) is 2.76. The minimum absolute atomic E-state index is 0.698. The van der Waals surface area contributed by atoms with Crippen LogP contribution in [-0.2, 0) is 0 Å². The lowest BCUT2D eigenvalue weighted by atomic mass is 10.1. The van der Waals surface area contributed by atoms with Crippen LogP contribution in [0.3, 0.4) is 0 Å². The van der Waals surface area contributed by atoms with E-state index >= 15 is 0 Å². The second-order valence-electron chi connectivity index (χ2n) is 4.19. The highest BCUT2D eigenvalue weighted by Gasteiger charge is 2.24. The normalized spacial score (nSPS) is 33.5. The molecule has 2 rings (SSSR count). The van der Waals surface area contributed by atoms with E-state index in [1.54, 1.807) is 0 Å². The number of nitrogens with zero attached hydrogens (tertiary/aromatic N) is 1. The van der Waals surface area contributed by atoms with Gasteiger partial charge in [-0.15, -0.1) is 0 Å². The first kappa shape index (κ1) is 9.81. The Kier molecular flexibility index (Phi) is 3.52. The van der Waals surface area contributed by atoms with E-state index in [0.29, 0.717) is 6.04 Å². The van der Waals surface area contributed by atoms with E-state index in [2.05, 4.69) is 28.9 Å². The lowest BCUT2D eigenvalue weighted by molar-refractivity contribution is 0.141. The van der Waals surface area contributed by atoms with E-state index in [0.717, 1.165) is 6.04 Å². The monoisotopic (exact) mass is 200 g/mol. The summed E-state index contributed by atoms with van der Waals surface area (Å²) < 4.78 is 0. The Morgan fingerprint density at radius 3 is 2.77 bits per heavy atom. The van der Waals surface area contributed by atoms with Gasteiger partial charge in [0, 0.05) is 31.7 Å². The van der Waals surface area contributed by atoms with E-state index in [9.17, 15) is 0 Å². The van der Waals surface area contributed by atoms with Crippen molar-refractivity contribution in [2.24, 2.45) is 0 Å². The molecule has 0 aliphatic carbocycles. The Morgan fingerprint density at radius 2 is 2.08 bits per heavy atom. The van der Waals surface area contributed by atoms with Crippen molar-refractivity contribution in [3.05, 3.63) is 0 Å². The molecule has 2 nitrogen and oxygen atoms in total. The molecule has 2 saturated heterocycles. The van der Waals surface area contributed by atoms with Gasteiger partial charge in [0.2, 0.25) is 0 Å². The minimum atomic E-state index is 0.698. The largest absolute Gasteiger partial charge is 0.312 e. The van der Waals surface area contributed by atoms with Crippen molar-refractivity contribution >= 4 is 11.8 Å². The van der Waals surface area contributed by atoms with Gasteiger partial charge in [0.15, 0.2) is 0 Å². The summed E-state index contributed by atoms with van der Waals surface area (Å²) in [6.07, 6.45) is 2.83. The molecule has 0 spiro atoms. The zero-order valence-corrected chi connectivity index (χ0v) is 9.28. The molecule has 1 N–H and O–H groups in total. The molecular weight excluding hydrogens is 180 g/mol. The maximum Gasteiger partial charge on any atom is 0.0167 e. The first-order chi connectivity index (χ1) is 6.36. The zero-order chi connectivity index (χ0) is 9.10. The summed E-state index contributed by atoms with van der Waals surface area (Å²) in [5.41, 5.74) is 0. The molecule has 3 heteroatoms. The van der Waals surface area contributed by atoms with E-state index < -0.39 is 0 Å². The lowest BCUT2D eigenvalue weighted by Gasteiger charge is -2.39. The van der Waals surface area contributed by atoms with E-state index in [4.69, 9.17) is 0 Å². The Labute approximate surface area is 85.4 Å². The number of hydrogen-bond acceptors (Lipinski definition) is 3. The van der Waals surface area contributed by atoms with E-state index in [-0.39, 0.29) is 0 Å². The fraction of sp³-hybridized carbons (Fsp3) is 1.00. The summed E-state index contributed by atoms with van der Waals surface area (Å²) >= 11 is 2.12. The molecule has 0 aromatic carbocycles. The molecule has 0 saturated carbocycles. The van der Waals surface area contributed by atoms with Crippen molar-refractivity contribution in [2.45, 2.75) is 31.8 Å². The summed E-state index contributed by atoms with van der Waals surface area (Å²) in [6, 6.07) is 1.59. The third-order valence-electron chi connectivity index (χ3n) is 3.11. The van der Waals surface area contributed by atoms with Crippen molar-refractivity contribution in [1.82, 2.24) is 10.2 Å². The molecule has 2 fully saturated rings. The van der Waals surface area contributed by atoms with Crippen LogP contribution in [0.2, 0.25) is 0 Å². The predicted molar refractivity (Wildman–Crippen MR) is 59.4 cm³/mol. The quantitative estimate of drug-likeness (QED) is 0.684. The van der Waals surface area contributed by atoms with Crippen molar-refractivity contribution < 1.29 is 0 Å². The van der Waals surface area contributed by atoms with Crippen LogP contribution < -0.4 is 5.32 Å².